The molecule has 3 aromatic carbocycles. The number of hydrogen-bond donors (Lipinski definition) is 0. The zero-order chi connectivity index (χ0) is 20.8. The smallest absolute Gasteiger partial charge is 0.123 e. The van der Waals surface area contributed by atoms with Gasteiger partial charge in [0.25, 0.3) is 0 Å². The van der Waals surface area contributed by atoms with E-state index in [4.69, 9.17) is 9.72 Å². The summed E-state index contributed by atoms with van der Waals surface area (Å²) in [7, 11) is 2.14. The Morgan fingerprint density at radius 2 is 1.60 bits per heavy atom. The SMILES string of the molecule is CCOc1ccc(-c2cccc(-c3nc(CN(C)Cc4ccccc4)cs3)c2)cc1. The molecule has 0 atom stereocenters. The van der Waals surface area contributed by atoms with Crippen molar-refractivity contribution in [2.24, 2.45) is 0 Å². The summed E-state index contributed by atoms with van der Waals surface area (Å²) in [5, 5.41) is 3.23. The van der Waals surface area contributed by atoms with Crippen molar-refractivity contribution in [1.29, 1.82) is 0 Å². The van der Waals surface area contributed by atoms with Crippen molar-refractivity contribution in [2.75, 3.05) is 13.7 Å². The van der Waals surface area contributed by atoms with Crippen molar-refractivity contribution >= 4 is 11.3 Å². The van der Waals surface area contributed by atoms with Gasteiger partial charge in [0.15, 0.2) is 0 Å². The molecule has 0 fully saturated rings. The van der Waals surface area contributed by atoms with E-state index in [0.717, 1.165) is 35.1 Å². The second-order valence-electron chi connectivity index (χ2n) is 7.34. The summed E-state index contributed by atoms with van der Waals surface area (Å²) in [5.74, 6) is 0.904. The van der Waals surface area contributed by atoms with E-state index in [9.17, 15) is 0 Å². The normalized spacial score (nSPS) is 11.0. The number of nitrogens with zero attached hydrogens (tertiary/aromatic N) is 2. The maximum absolute atomic E-state index is 5.55. The molecule has 4 heteroatoms. The van der Waals surface area contributed by atoms with Crippen LogP contribution in [-0.4, -0.2) is 23.5 Å². The van der Waals surface area contributed by atoms with Crippen LogP contribution in [0.25, 0.3) is 21.7 Å². The van der Waals surface area contributed by atoms with E-state index < -0.39 is 0 Å². The van der Waals surface area contributed by atoms with Crippen molar-refractivity contribution in [2.45, 2.75) is 20.0 Å². The monoisotopic (exact) mass is 414 g/mol. The fourth-order valence-corrected chi connectivity index (χ4v) is 4.29. The molecule has 0 saturated heterocycles. The highest BCUT2D eigenvalue weighted by Crippen LogP contribution is 2.29. The molecule has 1 aromatic heterocycles. The van der Waals surface area contributed by atoms with E-state index in [2.05, 4.69) is 84.1 Å². The van der Waals surface area contributed by atoms with Gasteiger partial charge in [-0.15, -0.1) is 11.3 Å². The average Bonchev–Trinajstić information content (AvgIpc) is 3.24. The zero-order valence-electron chi connectivity index (χ0n) is 17.4. The fraction of sp³-hybridized carbons (Fsp3) is 0.192. The van der Waals surface area contributed by atoms with E-state index >= 15 is 0 Å². The molecule has 1 heterocycles. The van der Waals surface area contributed by atoms with Gasteiger partial charge in [0.1, 0.15) is 10.8 Å². The Bertz CT molecular complexity index is 1070. The van der Waals surface area contributed by atoms with Gasteiger partial charge in [0.2, 0.25) is 0 Å². The minimum atomic E-state index is 0.682. The third-order valence-electron chi connectivity index (χ3n) is 4.89. The molecule has 30 heavy (non-hydrogen) atoms. The lowest BCUT2D eigenvalue weighted by molar-refractivity contribution is 0.316. The first-order valence-corrected chi connectivity index (χ1v) is 11.1. The molecule has 0 saturated carbocycles. The Morgan fingerprint density at radius 1 is 0.833 bits per heavy atom. The van der Waals surface area contributed by atoms with E-state index in [1.165, 1.54) is 16.7 Å². The van der Waals surface area contributed by atoms with E-state index in [-0.39, 0.29) is 0 Å². The van der Waals surface area contributed by atoms with Crippen LogP contribution in [-0.2, 0) is 13.1 Å². The van der Waals surface area contributed by atoms with Crippen LogP contribution in [0.5, 0.6) is 5.75 Å². The van der Waals surface area contributed by atoms with Crippen LogP contribution in [0.4, 0.5) is 0 Å². The van der Waals surface area contributed by atoms with Crippen molar-refractivity contribution < 1.29 is 4.74 Å². The summed E-state index contributed by atoms with van der Waals surface area (Å²) >= 11 is 1.71. The molecule has 0 spiro atoms. The maximum atomic E-state index is 5.55. The number of ether oxygens (including phenoxy) is 1. The van der Waals surface area contributed by atoms with Crippen molar-refractivity contribution in [1.82, 2.24) is 9.88 Å². The van der Waals surface area contributed by atoms with Crippen LogP contribution in [0.1, 0.15) is 18.2 Å². The third-order valence-corrected chi connectivity index (χ3v) is 5.83. The number of hydrogen-bond acceptors (Lipinski definition) is 4. The Labute approximate surface area is 182 Å². The molecule has 0 aliphatic heterocycles. The minimum absolute atomic E-state index is 0.682. The van der Waals surface area contributed by atoms with E-state index in [1.54, 1.807) is 11.3 Å². The largest absolute Gasteiger partial charge is 0.494 e. The van der Waals surface area contributed by atoms with Gasteiger partial charge >= 0.3 is 0 Å². The van der Waals surface area contributed by atoms with Crippen LogP contribution in [0.2, 0.25) is 0 Å². The zero-order valence-corrected chi connectivity index (χ0v) is 18.2. The first-order chi connectivity index (χ1) is 14.7. The van der Waals surface area contributed by atoms with E-state index in [1.807, 2.05) is 19.1 Å². The fourth-order valence-electron chi connectivity index (χ4n) is 3.48. The van der Waals surface area contributed by atoms with Crippen LogP contribution >= 0.6 is 11.3 Å². The lowest BCUT2D eigenvalue weighted by Gasteiger charge is -2.15. The number of benzene rings is 3. The molecule has 3 nitrogen and oxygen atoms in total. The number of rotatable bonds is 8. The van der Waals surface area contributed by atoms with Gasteiger partial charge in [0.05, 0.1) is 12.3 Å². The van der Waals surface area contributed by atoms with Crippen LogP contribution in [0, 0.1) is 0 Å². The molecule has 0 unspecified atom stereocenters. The molecular weight excluding hydrogens is 388 g/mol. The molecule has 0 N–H and O–H groups in total. The summed E-state index contributed by atoms with van der Waals surface area (Å²) in [6, 6.07) is 27.4. The van der Waals surface area contributed by atoms with Gasteiger partial charge < -0.3 is 4.74 Å². The summed E-state index contributed by atoms with van der Waals surface area (Å²) in [6.45, 7) is 4.44. The molecule has 0 bridgehead atoms. The summed E-state index contributed by atoms with van der Waals surface area (Å²) in [6.07, 6.45) is 0. The van der Waals surface area contributed by atoms with Crippen molar-refractivity contribution in [3.8, 4) is 27.4 Å². The van der Waals surface area contributed by atoms with Crippen molar-refractivity contribution in [3.05, 3.63) is 95.5 Å². The molecule has 0 aliphatic rings. The highest BCUT2D eigenvalue weighted by Gasteiger charge is 2.09. The lowest BCUT2D eigenvalue weighted by atomic mass is 10.0. The molecule has 4 aromatic rings. The maximum Gasteiger partial charge on any atom is 0.123 e. The minimum Gasteiger partial charge on any atom is -0.494 e. The second-order valence-corrected chi connectivity index (χ2v) is 8.20. The predicted octanol–water partition coefficient (Wildman–Crippen LogP) is 6.51. The Kier molecular flexibility index (Phi) is 6.57. The standard InChI is InChI=1S/C26H26N2OS/c1-3-29-25-14-12-21(13-15-25)22-10-7-11-23(16-22)26-27-24(19-30-26)18-28(2)17-20-8-5-4-6-9-20/h4-16,19H,3,17-18H2,1-2H3. The Balaban J connectivity index is 1.46. The van der Waals surface area contributed by atoms with Gasteiger partial charge in [-0.2, -0.15) is 0 Å². The van der Waals surface area contributed by atoms with Gasteiger partial charge in [0, 0.05) is 24.0 Å². The topological polar surface area (TPSA) is 25.4 Å². The third kappa shape index (κ3) is 5.15. The summed E-state index contributed by atoms with van der Waals surface area (Å²) < 4.78 is 5.55. The van der Waals surface area contributed by atoms with Crippen LogP contribution in [0.15, 0.2) is 84.2 Å². The van der Waals surface area contributed by atoms with Crippen LogP contribution in [0.3, 0.4) is 0 Å². The average molecular weight is 415 g/mol. The number of thiazole rings is 1. The van der Waals surface area contributed by atoms with Gasteiger partial charge in [-0.05, 0) is 48.9 Å². The highest BCUT2D eigenvalue weighted by atomic mass is 32.1. The highest BCUT2D eigenvalue weighted by molar-refractivity contribution is 7.13. The first-order valence-electron chi connectivity index (χ1n) is 10.2. The quantitative estimate of drug-likeness (QED) is 0.329. The molecule has 0 amide bonds. The second kappa shape index (κ2) is 9.70. The van der Waals surface area contributed by atoms with Crippen molar-refractivity contribution in [3.63, 3.8) is 0 Å². The number of aromatic nitrogens is 1. The Hall–Kier alpha value is -2.95. The van der Waals surface area contributed by atoms with E-state index in [0.29, 0.717) is 6.61 Å². The molecule has 4 rings (SSSR count). The van der Waals surface area contributed by atoms with Crippen LogP contribution < -0.4 is 4.74 Å². The molecule has 0 aliphatic carbocycles. The van der Waals surface area contributed by atoms with Gasteiger partial charge in [-0.1, -0.05) is 60.7 Å². The first kappa shape index (κ1) is 20.3. The molecular formula is C26H26N2OS. The molecule has 152 valence electrons. The van der Waals surface area contributed by atoms with Gasteiger partial charge in [-0.3, -0.25) is 4.90 Å². The van der Waals surface area contributed by atoms with Gasteiger partial charge in [-0.25, -0.2) is 4.98 Å². The lowest BCUT2D eigenvalue weighted by Crippen LogP contribution is -2.17. The molecule has 0 radical (unpaired) electrons. The summed E-state index contributed by atoms with van der Waals surface area (Å²) in [5.41, 5.74) is 5.95. The summed E-state index contributed by atoms with van der Waals surface area (Å²) in [4.78, 5) is 7.19. The Morgan fingerprint density at radius 3 is 2.37 bits per heavy atom. The predicted molar refractivity (Wildman–Crippen MR) is 126 cm³/mol.